The predicted molar refractivity (Wildman–Crippen MR) is 99.9 cm³/mol. The monoisotopic (exact) mass is 372 g/mol. The molecule has 0 bridgehead atoms. The van der Waals surface area contributed by atoms with Gasteiger partial charge in [0.1, 0.15) is 0 Å². The van der Waals surface area contributed by atoms with Crippen LogP contribution in [-0.2, 0) is 11.3 Å². The number of nitrogens with zero attached hydrogens (tertiary/aromatic N) is 6. The molecule has 0 radical (unpaired) electrons. The third kappa shape index (κ3) is 4.90. The van der Waals surface area contributed by atoms with E-state index in [1.807, 2.05) is 4.68 Å². The molecule has 0 aromatic carbocycles. The molecule has 0 N–H and O–H groups in total. The summed E-state index contributed by atoms with van der Waals surface area (Å²) < 4.78 is 7.10. The SMILES string of the molecule is COCCn1nnnc1C(C(C)C)N1CCN(C2CCCC2)CC1.Cl. The fourth-order valence-electron chi connectivity index (χ4n) is 4.29. The first kappa shape index (κ1) is 20.6. The summed E-state index contributed by atoms with van der Waals surface area (Å²) in [6.07, 6.45) is 5.60. The molecule has 0 amide bonds. The van der Waals surface area contributed by atoms with E-state index < -0.39 is 0 Å². The summed E-state index contributed by atoms with van der Waals surface area (Å²) in [5.74, 6) is 1.46. The molecule has 7 nitrogen and oxygen atoms in total. The lowest BCUT2D eigenvalue weighted by Gasteiger charge is -2.42. The van der Waals surface area contributed by atoms with E-state index in [1.54, 1.807) is 7.11 Å². The van der Waals surface area contributed by atoms with Crippen molar-refractivity contribution >= 4 is 12.4 Å². The molecule has 25 heavy (non-hydrogen) atoms. The minimum Gasteiger partial charge on any atom is -0.383 e. The molecule has 1 saturated heterocycles. The fourth-order valence-corrected chi connectivity index (χ4v) is 4.29. The third-order valence-corrected chi connectivity index (χ3v) is 5.55. The predicted octanol–water partition coefficient (Wildman–Crippen LogP) is 2.00. The standard InChI is InChI=1S/C17H32N6O.ClH/c1-14(2)16(17-18-19-20-23(17)12-13-24-3)22-10-8-21(9-11-22)15-6-4-5-7-15;/h14-16H,4-13H2,1-3H3;1H. The number of aromatic nitrogens is 4. The van der Waals surface area contributed by atoms with Crippen LogP contribution in [0.15, 0.2) is 0 Å². The number of halogens is 1. The summed E-state index contributed by atoms with van der Waals surface area (Å²) in [6, 6.07) is 1.11. The highest BCUT2D eigenvalue weighted by atomic mass is 35.5. The lowest BCUT2D eigenvalue weighted by atomic mass is 10.00. The van der Waals surface area contributed by atoms with Crippen molar-refractivity contribution in [1.82, 2.24) is 30.0 Å². The zero-order valence-electron chi connectivity index (χ0n) is 15.8. The van der Waals surface area contributed by atoms with Gasteiger partial charge >= 0.3 is 0 Å². The molecule has 8 heteroatoms. The summed E-state index contributed by atoms with van der Waals surface area (Å²) in [7, 11) is 1.71. The van der Waals surface area contributed by atoms with Gasteiger partial charge in [-0.3, -0.25) is 9.80 Å². The van der Waals surface area contributed by atoms with Crippen molar-refractivity contribution < 1.29 is 4.74 Å². The summed E-state index contributed by atoms with van der Waals surface area (Å²) in [6.45, 7) is 10.4. The van der Waals surface area contributed by atoms with E-state index in [-0.39, 0.29) is 18.4 Å². The van der Waals surface area contributed by atoms with Crippen molar-refractivity contribution in [3.8, 4) is 0 Å². The van der Waals surface area contributed by atoms with Gasteiger partial charge in [0.15, 0.2) is 5.82 Å². The molecule has 144 valence electrons. The van der Waals surface area contributed by atoms with Crippen LogP contribution in [0, 0.1) is 5.92 Å². The minimum atomic E-state index is 0. The highest BCUT2D eigenvalue weighted by molar-refractivity contribution is 5.85. The van der Waals surface area contributed by atoms with Crippen LogP contribution in [0.1, 0.15) is 51.4 Å². The van der Waals surface area contributed by atoms with Crippen LogP contribution in [0.25, 0.3) is 0 Å². The van der Waals surface area contributed by atoms with Gasteiger partial charge < -0.3 is 4.74 Å². The molecule has 2 fully saturated rings. The third-order valence-electron chi connectivity index (χ3n) is 5.55. The molecule has 3 rings (SSSR count). The minimum absolute atomic E-state index is 0. The van der Waals surface area contributed by atoms with E-state index in [9.17, 15) is 0 Å². The average molecular weight is 373 g/mol. The molecule has 1 unspecified atom stereocenters. The van der Waals surface area contributed by atoms with Crippen LogP contribution < -0.4 is 0 Å². The zero-order valence-corrected chi connectivity index (χ0v) is 16.6. The van der Waals surface area contributed by atoms with Crippen LogP contribution in [0.4, 0.5) is 0 Å². The van der Waals surface area contributed by atoms with Gasteiger partial charge in [-0.25, -0.2) is 4.68 Å². The van der Waals surface area contributed by atoms with Crippen molar-refractivity contribution in [2.24, 2.45) is 5.92 Å². The molecule has 2 heterocycles. The van der Waals surface area contributed by atoms with Gasteiger partial charge in [-0.1, -0.05) is 26.7 Å². The number of ether oxygens (including phenoxy) is 1. The average Bonchev–Trinajstić information content (AvgIpc) is 3.25. The molecular formula is C17H33ClN6O. The largest absolute Gasteiger partial charge is 0.383 e. The van der Waals surface area contributed by atoms with Gasteiger partial charge in [0, 0.05) is 39.3 Å². The first-order valence-corrected chi connectivity index (χ1v) is 9.43. The Hall–Kier alpha value is -0.760. The van der Waals surface area contributed by atoms with Crippen LogP contribution in [-0.4, -0.2) is 75.9 Å². The van der Waals surface area contributed by atoms with E-state index in [1.165, 1.54) is 38.8 Å². The molecule has 1 aromatic rings. The Morgan fingerprint density at radius 2 is 1.80 bits per heavy atom. The van der Waals surface area contributed by atoms with Gasteiger partial charge in [-0.2, -0.15) is 0 Å². The van der Waals surface area contributed by atoms with Gasteiger partial charge in [0.05, 0.1) is 19.2 Å². The lowest BCUT2D eigenvalue weighted by molar-refractivity contribution is 0.0492. The number of tetrazole rings is 1. The smallest absolute Gasteiger partial charge is 0.168 e. The highest BCUT2D eigenvalue weighted by Crippen LogP contribution is 2.30. The van der Waals surface area contributed by atoms with E-state index in [0.717, 1.165) is 25.0 Å². The van der Waals surface area contributed by atoms with E-state index >= 15 is 0 Å². The Kier molecular flexibility index (Phi) is 8.06. The Morgan fingerprint density at radius 3 is 2.40 bits per heavy atom. The van der Waals surface area contributed by atoms with Crippen molar-refractivity contribution in [3.05, 3.63) is 5.82 Å². The van der Waals surface area contributed by atoms with Crippen molar-refractivity contribution in [1.29, 1.82) is 0 Å². The Morgan fingerprint density at radius 1 is 1.12 bits per heavy atom. The summed E-state index contributed by atoms with van der Waals surface area (Å²) in [4.78, 5) is 5.28. The first-order chi connectivity index (χ1) is 11.7. The topological polar surface area (TPSA) is 59.3 Å². The van der Waals surface area contributed by atoms with Gasteiger partial charge in [-0.05, 0) is 29.2 Å². The first-order valence-electron chi connectivity index (χ1n) is 9.43. The molecule has 1 atom stereocenters. The molecule has 2 aliphatic rings. The normalized spacial score (nSPS) is 21.6. The summed E-state index contributed by atoms with van der Waals surface area (Å²) >= 11 is 0. The second-order valence-electron chi connectivity index (χ2n) is 7.45. The lowest BCUT2D eigenvalue weighted by Crippen LogP contribution is -2.51. The molecular weight excluding hydrogens is 340 g/mol. The second-order valence-corrected chi connectivity index (χ2v) is 7.45. The van der Waals surface area contributed by atoms with Crippen molar-refractivity contribution in [3.63, 3.8) is 0 Å². The summed E-state index contributed by atoms with van der Waals surface area (Å²) in [5.41, 5.74) is 0. The highest BCUT2D eigenvalue weighted by Gasteiger charge is 2.33. The van der Waals surface area contributed by atoms with Crippen LogP contribution >= 0.6 is 12.4 Å². The number of rotatable bonds is 7. The molecule has 1 aliphatic heterocycles. The van der Waals surface area contributed by atoms with E-state index in [0.29, 0.717) is 19.1 Å². The maximum absolute atomic E-state index is 5.19. The van der Waals surface area contributed by atoms with Crippen molar-refractivity contribution in [2.75, 3.05) is 39.9 Å². The molecule has 1 aromatic heterocycles. The quantitative estimate of drug-likeness (QED) is 0.729. The molecule has 1 aliphatic carbocycles. The Balaban J connectivity index is 0.00000225. The number of hydrogen-bond donors (Lipinski definition) is 0. The van der Waals surface area contributed by atoms with E-state index in [4.69, 9.17) is 4.74 Å². The summed E-state index contributed by atoms with van der Waals surface area (Å²) in [5, 5.41) is 12.4. The van der Waals surface area contributed by atoms with Gasteiger partial charge in [0.25, 0.3) is 0 Å². The molecule has 0 spiro atoms. The Bertz CT molecular complexity index is 497. The van der Waals surface area contributed by atoms with Crippen LogP contribution in [0.2, 0.25) is 0 Å². The zero-order chi connectivity index (χ0) is 16.9. The molecule has 1 saturated carbocycles. The van der Waals surface area contributed by atoms with Gasteiger partial charge in [-0.15, -0.1) is 17.5 Å². The maximum atomic E-state index is 5.19. The van der Waals surface area contributed by atoms with Gasteiger partial charge in [0.2, 0.25) is 0 Å². The van der Waals surface area contributed by atoms with E-state index in [2.05, 4.69) is 39.2 Å². The van der Waals surface area contributed by atoms with Crippen LogP contribution in [0.3, 0.4) is 0 Å². The Labute approximate surface area is 157 Å². The second kappa shape index (κ2) is 9.80. The number of methoxy groups -OCH3 is 1. The maximum Gasteiger partial charge on any atom is 0.168 e. The number of piperazine rings is 1. The number of hydrogen-bond acceptors (Lipinski definition) is 6. The van der Waals surface area contributed by atoms with Crippen molar-refractivity contribution in [2.45, 2.75) is 58.2 Å². The van der Waals surface area contributed by atoms with Crippen LogP contribution in [0.5, 0.6) is 0 Å². The fraction of sp³-hybridized carbons (Fsp3) is 0.941.